The van der Waals surface area contributed by atoms with E-state index in [1.54, 1.807) is 13.2 Å². The Kier molecular flexibility index (Phi) is 7.83. The van der Waals surface area contributed by atoms with E-state index in [9.17, 15) is 5.11 Å². The van der Waals surface area contributed by atoms with Crippen LogP contribution in [-0.4, -0.2) is 37.9 Å². The number of rotatable bonds is 9. The van der Waals surface area contributed by atoms with Crippen LogP contribution in [0.25, 0.3) is 0 Å². The van der Waals surface area contributed by atoms with Crippen LogP contribution in [0, 0.1) is 0 Å². The summed E-state index contributed by atoms with van der Waals surface area (Å²) in [4.78, 5) is 4.45. The maximum Gasteiger partial charge on any atom is 0.130 e. The maximum atomic E-state index is 10.8. The third kappa shape index (κ3) is 5.59. The van der Waals surface area contributed by atoms with Crippen LogP contribution in [0.2, 0.25) is 0 Å². The standard InChI is InChI=1S/C24H27N3O3/c1-29-14-15-30-20-12-13-21(22(28)16-20)23(18-8-4-2-5-9-18)27-24(26-17-25)19-10-6-3-7-11-19/h2-13,16,23,28H,14-15,17,25H2,1H3,(H,26,27). The molecular weight excluding hydrogens is 378 g/mol. The number of methoxy groups -OCH3 is 1. The quantitative estimate of drug-likeness (QED) is 0.288. The largest absolute Gasteiger partial charge is 0.507 e. The van der Waals surface area contributed by atoms with E-state index < -0.39 is 0 Å². The molecule has 6 nitrogen and oxygen atoms in total. The average Bonchev–Trinajstić information content (AvgIpc) is 2.79. The Bertz CT molecular complexity index is 946. The second kappa shape index (κ2) is 11.0. The van der Waals surface area contributed by atoms with Crippen LogP contribution in [-0.2, 0) is 4.74 Å². The van der Waals surface area contributed by atoms with Gasteiger partial charge in [-0.3, -0.25) is 4.99 Å². The van der Waals surface area contributed by atoms with E-state index in [1.807, 2.05) is 72.8 Å². The third-order valence-electron chi connectivity index (χ3n) is 4.58. The summed E-state index contributed by atoms with van der Waals surface area (Å²) in [6.45, 7) is 1.04. The third-order valence-corrected chi connectivity index (χ3v) is 4.58. The molecule has 156 valence electrons. The number of ether oxygens (including phenoxy) is 2. The number of nitrogens with two attached hydrogens (primary N) is 1. The minimum absolute atomic E-state index is 0.131. The lowest BCUT2D eigenvalue weighted by Gasteiger charge is -2.23. The highest BCUT2D eigenvalue weighted by molar-refractivity contribution is 5.99. The van der Waals surface area contributed by atoms with E-state index in [0.29, 0.717) is 30.4 Å². The number of amidine groups is 1. The first kappa shape index (κ1) is 21.4. The molecule has 1 unspecified atom stereocenters. The van der Waals surface area contributed by atoms with Crippen molar-refractivity contribution < 1.29 is 14.6 Å². The molecule has 0 heterocycles. The number of phenols is 1. The highest BCUT2D eigenvalue weighted by Gasteiger charge is 2.20. The van der Waals surface area contributed by atoms with Gasteiger partial charge in [-0.15, -0.1) is 0 Å². The van der Waals surface area contributed by atoms with Crippen LogP contribution in [0.4, 0.5) is 0 Å². The molecule has 1 atom stereocenters. The molecule has 0 fully saturated rings. The first-order chi connectivity index (χ1) is 14.7. The Morgan fingerprint density at radius 3 is 2.33 bits per heavy atom. The van der Waals surface area contributed by atoms with Gasteiger partial charge in [0, 0.05) is 24.3 Å². The van der Waals surface area contributed by atoms with Gasteiger partial charge in [0.1, 0.15) is 23.9 Å². The monoisotopic (exact) mass is 405 g/mol. The Hall–Kier alpha value is -3.35. The molecule has 3 aromatic carbocycles. The van der Waals surface area contributed by atoms with Crippen molar-refractivity contribution in [2.75, 3.05) is 27.0 Å². The number of benzene rings is 3. The molecule has 0 aromatic heterocycles. The van der Waals surface area contributed by atoms with Crippen molar-refractivity contribution in [3.63, 3.8) is 0 Å². The number of nitrogens with one attached hydrogen (secondary N) is 1. The molecule has 0 bridgehead atoms. The van der Waals surface area contributed by atoms with Gasteiger partial charge in [0.25, 0.3) is 0 Å². The summed E-state index contributed by atoms with van der Waals surface area (Å²) in [5.41, 5.74) is 8.34. The van der Waals surface area contributed by atoms with E-state index >= 15 is 0 Å². The van der Waals surface area contributed by atoms with Crippen LogP contribution < -0.4 is 15.8 Å². The molecule has 0 spiro atoms. The minimum Gasteiger partial charge on any atom is -0.507 e. The molecule has 0 aliphatic rings. The number of nitrogens with zero attached hydrogens (tertiary/aromatic N) is 1. The molecule has 3 rings (SSSR count). The molecule has 0 amide bonds. The predicted octanol–water partition coefficient (Wildman–Crippen LogP) is 3.46. The Morgan fingerprint density at radius 2 is 1.70 bits per heavy atom. The fraction of sp³-hybridized carbons (Fsp3) is 0.208. The molecule has 4 N–H and O–H groups in total. The Morgan fingerprint density at radius 1 is 1.00 bits per heavy atom. The van der Waals surface area contributed by atoms with E-state index in [4.69, 9.17) is 15.2 Å². The average molecular weight is 405 g/mol. The molecule has 0 radical (unpaired) electrons. The molecule has 0 aliphatic heterocycles. The van der Waals surface area contributed by atoms with Crippen molar-refractivity contribution in [3.8, 4) is 11.5 Å². The highest BCUT2D eigenvalue weighted by Crippen LogP contribution is 2.32. The molecule has 3 aromatic rings. The summed E-state index contributed by atoms with van der Waals surface area (Å²) in [6, 6.07) is 24.7. The minimum atomic E-state index is -0.329. The summed E-state index contributed by atoms with van der Waals surface area (Å²) >= 11 is 0. The van der Waals surface area contributed by atoms with Crippen molar-refractivity contribution in [2.45, 2.75) is 6.04 Å². The molecule has 0 saturated heterocycles. The number of hydrogen-bond acceptors (Lipinski definition) is 5. The molecular formula is C24H27N3O3. The summed E-state index contributed by atoms with van der Waals surface area (Å²) in [7, 11) is 1.62. The topological polar surface area (TPSA) is 89.1 Å². The molecule has 0 aliphatic carbocycles. The van der Waals surface area contributed by atoms with Gasteiger partial charge < -0.3 is 25.6 Å². The summed E-state index contributed by atoms with van der Waals surface area (Å²) in [5, 5.41) is 14.2. The van der Waals surface area contributed by atoms with Gasteiger partial charge in [-0.2, -0.15) is 0 Å². The lowest BCUT2D eigenvalue weighted by atomic mass is 9.97. The molecule has 0 saturated carbocycles. The molecule has 30 heavy (non-hydrogen) atoms. The molecule has 6 heteroatoms. The predicted molar refractivity (Wildman–Crippen MR) is 119 cm³/mol. The van der Waals surface area contributed by atoms with E-state index in [0.717, 1.165) is 11.1 Å². The number of phenolic OH excluding ortho intramolecular Hbond substituents is 1. The number of aromatic hydroxyl groups is 1. The lowest BCUT2D eigenvalue weighted by Crippen LogP contribution is -2.31. The van der Waals surface area contributed by atoms with Crippen LogP contribution in [0.1, 0.15) is 22.7 Å². The van der Waals surface area contributed by atoms with E-state index in [1.165, 1.54) is 0 Å². The summed E-state index contributed by atoms with van der Waals surface area (Å²) < 4.78 is 10.6. The fourth-order valence-corrected chi connectivity index (χ4v) is 3.13. The SMILES string of the molecule is COCCOc1ccc(C(NC(=NCN)c2ccccc2)c2ccccc2)c(O)c1. The normalized spacial score (nSPS) is 12.4. The van der Waals surface area contributed by atoms with E-state index in [2.05, 4.69) is 10.3 Å². The van der Waals surface area contributed by atoms with Crippen LogP contribution in [0.5, 0.6) is 11.5 Å². The maximum absolute atomic E-state index is 10.8. The zero-order valence-corrected chi connectivity index (χ0v) is 17.0. The van der Waals surface area contributed by atoms with E-state index in [-0.39, 0.29) is 18.5 Å². The first-order valence-electron chi connectivity index (χ1n) is 9.79. The van der Waals surface area contributed by atoms with Crippen LogP contribution in [0.15, 0.2) is 83.9 Å². The van der Waals surface area contributed by atoms with Gasteiger partial charge in [-0.25, -0.2) is 0 Å². The second-order valence-electron chi connectivity index (χ2n) is 6.61. The van der Waals surface area contributed by atoms with Crippen LogP contribution in [0.3, 0.4) is 0 Å². The van der Waals surface area contributed by atoms with Crippen molar-refractivity contribution in [1.82, 2.24) is 5.32 Å². The summed E-state index contributed by atoms with van der Waals surface area (Å²) in [6.07, 6.45) is 0. The number of aliphatic imine (C=N–C) groups is 1. The smallest absolute Gasteiger partial charge is 0.130 e. The van der Waals surface area contributed by atoms with Gasteiger partial charge in [0.2, 0.25) is 0 Å². The summed E-state index contributed by atoms with van der Waals surface area (Å²) in [5.74, 6) is 1.37. The first-order valence-corrected chi connectivity index (χ1v) is 9.79. The fourth-order valence-electron chi connectivity index (χ4n) is 3.13. The second-order valence-corrected chi connectivity index (χ2v) is 6.61. The van der Waals surface area contributed by atoms with Crippen molar-refractivity contribution in [2.24, 2.45) is 10.7 Å². The van der Waals surface area contributed by atoms with Crippen molar-refractivity contribution in [1.29, 1.82) is 0 Å². The highest BCUT2D eigenvalue weighted by atomic mass is 16.5. The zero-order chi connectivity index (χ0) is 21.2. The Balaban J connectivity index is 1.95. The number of hydrogen-bond donors (Lipinski definition) is 3. The lowest BCUT2D eigenvalue weighted by molar-refractivity contribution is 0.146. The van der Waals surface area contributed by atoms with Gasteiger partial charge >= 0.3 is 0 Å². The van der Waals surface area contributed by atoms with Gasteiger partial charge in [0.05, 0.1) is 19.3 Å². The van der Waals surface area contributed by atoms with Crippen molar-refractivity contribution in [3.05, 3.63) is 95.6 Å². The van der Waals surface area contributed by atoms with Crippen molar-refractivity contribution >= 4 is 5.84 Å². The van der Waals surface area contributed by atoms with Gasteiger partial charge in [-0.05, 0) is 17.7 Å². The van der Waals surface area contributed by atoms with Gasteiger partial charge in [0.15, 0.2) is 0 Å². The zero-order valence-electron chi connectivity index (χ0n) is 17.0. The van der Waals surface area contributed by atoms with Gasteiger partial charge in [-0.1, -0.05) is 60.7 Å². The van der Waals surface area contributed by atoms with Crippen LogP contribution >= 0.6 is 0 Å². The Labute approximate surface area is 177 Å².